The quantitative estimate of drug-likeness (QED) is 0.865. The van der Waals surface area contributed by atoms with E-state index >= 15 is 0 Å². The van der Waals surface area contributed by atoms with Gasteiger partial charge in [0.1, 0.15) is 0 Å². The number of nitrogen functional groups attached to an aromatic ring is 1. The van der Waals surface area contributed by atoms with Crippen molar-refractivity contribution in [3.05, 3.63) is 59.2 Å². The number of carbonyl (C=O) groups excluding carboxylic acids is 1. The van der Waals surface area contributed by atoms with E-state index in [1.54, 1.807) is 11.1 Å². The van der Waals surface area contributed by atoms with Crippen LogP contribution < -0.4 is 10.6 Å². The first-order valence-electron chi connectivity index (χ1n) is 7.49. The third-order valence-corrected chi connectivity index (χ3v) is 3.88. The third-order valence-electron chi connectivity index (χ3n) is 3.88. The summed E-state index contributed by atoms with van der Waals surface area (Å²) in [6.07, 6.45) is 2.76. The number of amides is 1. The van der Waals surface area contributed by atoms with Gasteiger partial charge in [-0.05, 0) is 42.3 Å². The molecule has 4 heteroatoms. The van der Waals surface area contributed by atoms with E-state index in [1.807, 2.05) is 42.5 Å². The molecule has 3 rings (SSSR count). The summed E-state index contributed by atoms with van der Waals surface area (Å²) in [6.45, 7) is 3.26. The lowest BCUT2D eigenvalue weighted by atomic mass is 10.1. The molecule has 2 N–H and O–H groups in total. The number of fused-ring (bicyclic) bond motifs is 1. The summed E-state index contributed by atoms with van der Waals surface area (Å²) in [5, 5.41) is 0. The third kappa shape index (κ3) is 2.72. The summed E-state index contributed by atoms with van der Waals surface area (Å²) in [5.41, 5.74) is 10.2. The molecular formula is C18H19N3O. The van der Waals surface area contributed by atoms with Gasteiger partial charge in [-0.3, -0.25) is 9.79 Å². The number of hydrogen-bond donors (Lipinski definition) is 1. The van der Waals surface area contributed by atoms with Crippen LogP contribution in [0.5, 0.6) is 0 Å². The van der Waals surface area contributed by atoms with Crippen molar-refractivity contribution in [3.63, 3.8) is 0 Å². The first kappa shape index (κ1) is 14.3. The van der Waals surface area contributed by atoms with E-state index in [9.17, 15) is 4.79 Å². The Morgan fingerprint density at radius 3 is 2.73 bits per heavy atom. The molecule has 0 bridgehead atoms. The van der Waals surface area contributed by atoms with Crippen molar-refractivity contribution >= 4 is 23.5 Å². The van der Waals surface area contributed by atoms with Crippen LogP contribution in [0.2, 0.25) is 0 Å². The van der Waals surface area contributed by atoms with Gasteiger partial charge in [0.15, 0.2) is 0 Å². The molecule has 22 heavy (non-hydrogen) atoms. The number of benzodiazepines with no additional fused rings is 1. The van der Waals surface area contributed by atoms with Crippen molar-refractivity contribution in [2.75, 3.05) is 23.7 Å². The van der Waals surface area contributed by atoms with Crippen LogP contribution in [0.15, 0.2) is 47.5 Å². The fraction of sp³-hybridized carbons (Fsp3) is 0.222. The Kier molecular flexibility index (Phi) is 3.92. The van der Waals surface area contributed by atoms with Gasteiger partial charge in [0.25, 0.3) is 5.91 Å². The fourth-order valence-electron chi connectivity index (χ4n) is 2.61. The summed E-state index contributed by atoms with van der Waals surface area (Å²) >= 11 is 0. The van der Waals surface area contributed by atoms with Gasteiger partial charge in [0, 0.05) is 29.6 Å². The van der Waals surface area contributed by atoms with Gasteiger partial charge in [-0.15, -0.1) is 0 Å². The molecule has 1 aliphatic rings. The number of aliphatic imine (C=N–C) groups is 1. The lowest BCUT2D eigenvalue weighted by molar-refractivity contribution is 0.0988. The van der Waals surface area contributed by atoms with Crippen molar-refractivity contribution in [2.24, 2.45) is 4.99 Å². The summed E-state index contributed by atoms with van der Waals surface area (Å²) in [4.78, 5) is 19.0. The number of hydrogen-bond acceptors (Lipinski definition) is 3. The molecule has 1 aliphatic heterocycles. The minimum absolute atomic E-state index is 0.000764. The standard InChI is InChI=1S/C18H19N3O/c1-2-13-3-5-14(6-4-13)18(22)21-10-9-20-12-15-11-16(19)7-8-17(15)21/h3-8,11-12H,2,9-10,19H2,1H3. The van der Waals surface area contributed by atoms with Crippen molar-refractivity contribution in [2.45, 2.75) is 13.3 Å². The van der Waals surface area contributed by atoms with Gasteiger partial charge < -0.3 is 10.6 Å². The predicted octanol–water partition coefficient (Wildman–Crippen LogP) is 2.91. The van der Waals surface area contributed by atoms with Crippen LogP contribution in [0.25, 0.3) is 0 Å². The fourth-order valence-corrected chi connectivity index (χ4v) is 2.61. The maximum absolute atomic E-state index is 12.8. The molecule has 0 saturated heterocycles. The highest BCUT2D eigenvalue weighted by Crippen LogP contribution is 2.25. The van der Waals surface area contributed by atoms with Gasteiger partial charge >= 0.3 is 0 Å². The highest BCUT2D eigenvalue weighted by atomic mass is 16.2. The molecule has 0 radical (unpaired) electrons. The minimum atomic E-state index is -0.000764. The monoisotopic (exact) mass is 293 g/mol. The molecule has 1 heterocycles. The van der Waals surface area contributed by atoms with Crippen molar-refractivity contribution in [3.8, 4) is 0 Å². The van der Waals surface area contributed by atoms with Crippen molar-refractivity contribution < 1.29 is 4.79 Å². The molecular weight excluding hydrogens is 274 g/mol. The number of nitrogens with two attached hydrogens (primary N) is 1. The Bertz CT molecular complexity index is 720. The average molecular weight is 293 g/mol. The van der Waals surface area contributed by atoms with E-state index in [-0.39, 0.29) is 5.91 Å². The van der Waals surface area contributed by atoms with E-state index in [2.05, 4.69) is 11.9 Å². The summed E-state index contributed by atoms with van der Waals surface area (Å²) in [6, 6.07) is 13.4. The van der Waals surface area contributed by atoms with E-state index in [4.69, 9.17) is 5.73 Å². The molecule has 2 aromatic carbocycles. The number of anilines is 2. The number of carbonyl (C=O) groups is 1. The number of aryl methyl sites for hydroxylation is 1. The van der Waals surface area contributed by atoms with Crippen LogP contribution >= 0.6 is 0 Å². The molecule has 4 nitrogen and oxygen atoms in total. The molecule has 1 amide bonds. The first-order valence-corrected chi connectivity index (χ1v) is 7.49. The van der Waals surface area contributed by atoms with Crippen LogP contribution in [0.1, 0.15) is 28.4 Å². The average Bonchev–Trinajstić information content (AvgIpc) is 2.76. The molecule has 0 spiro atoms. The minimum Gasteiger partial charge on any atom is -0.399 e. The normalized spacial score (nSPS) is 13.6. The smallest absolute Gasteiger partial charge is 0.258 e. The Labute approximate surface area is 130 Å². The van der Waals surface area contributed by atoms with E-state index in [1.165, 1.54) is 5.56 Å². The Morgan fingerprint density at radius 1 is 1.23 bits per heavy atom. The van der Waals surface area contributed by atoms with Crippen LogP contribution in [-0.4, -0.2) is 25.2 Å². The van der Waals surface area contributed by atoms with Gasteiger partial charge in [-0.25, -0.2) is 0 Å². The van der Waals surface area contributed by atoms with Gasteiger partial charge in [0.2, 0.25) is 0 Å². The highest BCUT2D eigenvalue weighted by molar-refractivity contribution is 6.09. The Morgan fingerprint density at radius 2 is 2.00 bits per heavy atom. The zero-order chi connectivity index (χ0) is 15.5. The Balaban J connectivity index is 1.96. The number of benzene rings is 2. The zero-order valence-corrected chi connectivity index (χ0v) is 12.6. The maximum Gasteiger partial charge on any atom is 0.258 e. The largest absolute Gasteiger partial charge is 0.399 e. The Hall–Kier alpha value is -2.62. The SMILES string of the molecule is CCc1ccc(C(=O)N2CCN=Cc3cc(N)ccc32)cc1. The number of rotatable bonds is 2. The molecule has 112 valence electrons. The van der Waals surface area contributed by atoms with Crippen LogP contribution in [0.3, 0.4) is 0 Å². The molecule has 0 aromatic heterocycles. The second kappa shape index (κ2) is 6.02. The summed E-state index contributed by atoms with van der Waals surface area (Å²) < 4.78 is 0. The van der Waals surface area contributed by atoms with E-state index in [0.29, 0.717) is 24.3 Å². The second-order valence-electron chi connectivity index (χ2n) is 5.36. The van der Waals surface area contributed by atoms with Crippen LogP contribution in [-0.2, 0) is 6.42 Å². The number of nitrogens with zero attached hydrogens (tertiary/aromatic N) is 2. The predicted molar refractivity (Wildman–Crippen MR) is 90.8 cm³/mol. The summed E-state index contributed by atoms with van der Waals surface area (Å²) in [7, 11) is 0. The lowest BCUT2D eigenvalue weighted by Crippen LogP contribution is -2.33. The maximum atomic E-state index is 12.8. The molecule has 0 atom stereocenters. The topological polar surface area (TPSA) is 58.7 Å². The van der Waals surface area contributed by atoms with Gasteiger partial charge in [-0.2, -0.15) is 0 Å². The molecule has 0 fully saturated rings. The van der Waals surface area contributed by atoms with Crippen LogP contribution in [0.4, 0.5) is 11.4 Å². The van der Waals surface area contributed by atoms with Gasteiger partial charge in [-0.1, -0.05) is 19.1 Å². The van der Waals surface area contributed by atoms with Crippen molar-refractivity contribution in [1.82, 2.24) is 0 Å². The van der Waals surface area contributed by atoms with E-state index < -0.39 is 0 Å². The molecule has 2 aromatic rings. The zero-order valence-electron chi connectivity index (χ0n) is 12.6. The molecule has 0 saturated carbocycles. The van der Waals surface area contributed by atoms with Gasteiger partial charge in [0.05, 0.1) is 12.2 Å². The summed E-state index contributed by atoms with van der Waals surface area (Å²) in [5.74, 6) is -0.000764. The highest BCUT2D eigenvalue weighted by Gasteiger charge is 2.21. The molecule has 0 aliphatic carbocycles. The second-order valence-corrected chi connectivity index (χ2v) is 5.36. The van der Waals surface area contributed by atoms with Crippen molar-refractivity contribution in [1.29, 1.82) is 0 Å². The first-order chi connectivity index (χ1) is 10.7. The molecule has 0 unspecified atom stereocenters. The van der Waals surface area contributed by atoms with E-state index in [0.717, 1.165) is 17.7 Å². The van der Waals surface area contributed by atoms with Crippen LogP contribution in [0, 0.1) is 0 Å². The lowest BCUT2D eigenvalue weighted by Gasteiger charge is -2.22.